The summed E-state index contributed by atoms with van der Waals surface area (Å²) < 4.78 is 9.40. The molecule has 0 bridgehead atoms. The van der Waals surface area contributed by atoms with Gasteiger partial charge in [-0.15, -0.1) is 0 Å². The van der Waals surface area contributed by atoms with E-state index in [9.17, 15) is 0 Å². The molecular formula is C55H36N2O. The Morgan fingerprint density at radius 2 is 1.22 bits per heavy atom. The summed E-state index contributed by atoms with van der Waals surface area (Å²) in [6.45, 7) is 0. The molecule has 0 fully saturated rings. The van der Waals surface area contributed by atoms with Gasteiger partial charge in [0.2, 0.25) is 0 Å². The lowest BCUT2D eigenvalue weighted by Crippen LogP contribution is -2.41. The number of anilines is 3. The van der Waals surface area contributed by atoms with E-state index >= 15 is 0 Å². The van der Waals surface area contributed by atoms with Gasteiger partial charge < -0.3 is 13.9 Å². The zero-order valence-electron chi connectivity index (χ0n) is 31.6. The maximum atomic E-state index is 6.83. The van der Waals surface area contributed by atoms with Gasteiger partial charge in [0.05, 0.1) is 21.8 Å². The Kier molecular flexibility index (Phi) is 6.49. The molecule has 3 aliphatic rings. The van der Waals surface area contributed by atoms with Crippen LogP contribution in [-0.4, -0.2) is 4.57 Å². The summed E-state index contributed by atoms with van der Waals surface area (Å²) in [5.74, 6) is 0.182. The van der Waals surface area contributed by atoms with Crippen LogP contribution in [0.5, 0.6) is 0 Å². The molecule has 0 N–H and O–H groups in total. The minimum atomic E-state index is -0.421. The van der Waals surface area contributed by atoms with Crippen LogP contribution >= 0.6 is 0 Å². The van der Waals surface area contributed by atoms with Crippen molar-refractivity contribution < 1.29 is 4.42 Å². The highest BCUT2D eigenvalue weighted by atomic mass is 16.3. The molecule has 3 heteroatoms. The summed E-state index contributed by atoms with van der Waals surface area (Å²) in [6.07, 6.45) is 7.95. The fourth-order valence-corrected chi connectivity index (χ4v) is 10.9. The molecular weight excluding hydrogens is 705 g/mol. The molecule has 1 aliphatic heterocycles. The lowest BCUT2D eigenvalue weighted by atomic mass is 9.59. The quantitative estimate of drug-likeness (QED) is 0.179. The second-order valence-corrected chi connectivity index (χ2v) is 16.0. The van der Waals surface area contributed by atoms with Gasteiger partial charge >= 0.3 is 0 Å². The van der Waals surface area contributed by atoms with E-state index < -0.39 is 5.41 Å². The summed E-state index contributed by atoms with van der Waals surface area (Å²) in [5, 5.41) is 4.78. The van der Waals surface area contributed by atoms with Gasteiger partial charge in [-0.25, -0.2) is 0 Å². The van der Waals surface area contributed by atoms with Gasteiger partial charge in [0.1, 0.15) is 11.2 Å². The zero-order chi connectivity index (χ0) is 38.0. The summed E-state index contributed by atoms with van der Waals surface area (Å²) >= 11 is 0. The molecule has 0 saturated carbocycles. The van der Waals surface area contributed by atoms with Crippen molar-refractivity contribution in [3.8, 4) is 22.3 Å². The molecule has 13 rings (SSSR count). The van der Waals surface area contributed by atoms with Gasteiger partial charge in [0, 0.05) is 44.8 Å². The maximum Gasteiger partial charge on any atom is 0.145 e. The first kappa shape index (κ1) is 31.8. The summed E-state index contributed by atoms with van der Waals surface area (Å²) in [6, 6.07) is 66.8. The van der Waals surface area contributed by atoms with Gasteiger partial charge in [0.15, 0.2) is 0 Å². The highest BCUT2D eigenvalue weighted by Gasteiger charge is 2.55. The molecule has 10 aromatic rings. The lowest BCUT2D eigenvalue weighted by Gasteiger charge is -2.46. The smallest absolute Gasteiger partial charge is 0.145 e. The van der Waals surface area contributed by atoms with Crippen molar-refractivity contribution in [3.63, 3.8) is 0 Å². The molecule has 0 saturated heterocycles. The van der Waals surface area contributed by atoms with E-state index in [-0.39, 0.29) is 5.92 Å². The van der Waals surface area contributed by atoms with Crippen LogP contribution in [0, 0.1) is 5.92 Å². The Labute approximate surface area is 336 Å². The first-order chi connectivity index (χ1) is 28.8. The van der Waals surface area contributed by atoms with Gasteiger partial charge in [-0.3, -0.25) is 0 Å². The third-order valence-electron chi connectivity index (χ3n) is 13.2. The third-order valence-corrected chi connectivity index (χ3v) is 13.2. The first-order valence-corrected chi connectivity index (χ1v) is 20.3. The Bertz CT molecular complexity index is 3340. The zero-order valence-corrected chi connectivity index (χ0v) is 31.6. The number of rotatable bonds is 4. The summed E-state index contributed by atoms with van der Waals surface area (Å²) in [5.41, 5.74) is 17.8. The highest BCUT2D eigenvalue weighted by molar-refractivity contribution is 6.26. The minimum absolute atomic E-state index is 0.182. The number of nitrogens with zero attached hydrogens (tertiary/aromatic N) is 2. The monoisotopic (exact) mass is 740 g/mol. The highest BCUT2D eigenvalue weighted by Crippen LogP contribution is 2.65. The number of fused-ring (bicyclic) bond motifs is 16. The van der Waals surface area contributed by atoms with E-state index in [4.69, 9.17) is 4.42 Å². The molecule has 272 valence electrons. The molecule has 1 spiro atoms. The Morgan fingerprint density at radius 1 is 0.534 bits per heavy atom. The van der Waals surface area contributed by atoms with Crippen molar-refractivity contribution in [1.82, 2.24) is 4.57 Å². The molecule has 0 amide bonds. The summed E-state index contributed by atoms with van der Waals surface area (Å²) in [4.78, 5) is 2.34. The largest absolute Gasteiger partial charge is 0.455 e. The molecule has 3 nitrogen and oxygen atoms in total. The van der Waals surface area contributed by atoms with Crippen LogP contribution in [0.15, 0.2) is 205 Å². The second-order valence-electron chi connectivity index (χ2n) is 16.0. The maximum absolute atomic E-state index is 6.83. The van der Waals surface area contributed by atoms with Crippen LogP contribution in [0.3, 0.4) is 0 Å². The summed E-state index contributed by atoms with van der Waals surface area (Å²) in [7, 11) is 0. The SMILES string of the molecule is C1=CCC2C(=C1)n1c3ccccc3c3c4oc5ccccc5c4cc(c31)C21c2ccccc2-c2cc(-c3cccc(N(c4ccccc4)c4ccccc4)c3)ccc21. The van der Waals surface area contributed by atoms with Crippen molar-refractivity contribution in [2.24, 2.45) is 5.92 Å². The van der Waals surface area contributed by atoms with E-state index in [2.05, 4.69) is 210 Å². The van der Waals surface area contributed by atoms with Crippen molar-refractivity contribution in [1.29, 1.82) is 0 Å². The van der Waals surface area contributed by atoms with Crippen LogP contribution in [0.1, 0.15) is 23.1 Å². The van der Waals surface area contributed by atoms with E-state index in [1.807, 2.05) is 0 Å². The van der Waals surface area contributed by atoms with Gasteiger partial charge in [-0.2, -0.15) is 0 Å². The van der Waals surface area contributed by atoms with Gasteiger partial charge in [0.25, 0.3) is 0 Å². The average molecular weight is 741 g/mol. The van der Waals surface area contributed by atoms with Crippen molar-refractivity contribution >= 4 is 66.5 Å². The first-order valence-electron chi connectivity index (χ1n) is 20.3. The number of benzene rings is 8. The topological polar surface area (TPSA) is 21.3 Å². The average Bonchev–Trinajstić information content (AvgIpc) is 3.93. The molecule has 0 radical (unpaired) electrons. The Hall–Kier alpha value is -7.36. The van der Waals surface area contributed by atoms with Crippen LogP contribution in [0.25, 0.3) is 71.7 Å². The van der Waals surface area contributed by atoms with Crippen LogP contribution in [-0.2, 0) is 5.41 Å². The van der Waals surface area contributed by atoms with Crippen molar-refractivity contribution in [2.75, 3.05) is 4.90 Å². The number of hydrogen-bond acceptors (Lipinski definition) is 2. The molecule has 2 atom stereocenters. The van der Waals surface area contributed by atoms with E-state index in [1.165, 1.54) is 71.8 Å². The van der Waals surface area contributed by atoms with Gasteiger partial charge in [-0.1, -0.05) is 133 Å². The van der Waals surface area contributed by atoms with Crippen LogP contribution in [0.4, 0.5) is 17.1 Å². The van der Waals surface area contributed by atoms with Gasteiger partial charge in [-0.05, 0) is 112 Å². The lowest BCUT2D eigenvalue weighted by molar-refractivity contribution is 0.451. The molecule has 2 unspecified atom stereocenters. The molecule has 58 heavy (non-hydrogen) atoms. The molecule has 3 heterocycles. The third kappa shape index (κ3) is 4.12. The van der Waals surface area contributed by atoms with Crippen LogP contribution < -0.4 is 4.90 Å². The van der Waals surface area contributed by atoms with Crippen molar-refractivity contribution in [2.45, 2.75) is 11.8 Å². The molecule has 2 aromatic heterocycles. The minimum Gasteiger partial charge on any atom is -0.455 e. The normalized spacial score (nSPS) is 17.5. The van der Waals surface area contributed by atoms with Crippen LogP contribution in [0.2, 0.25) is 0 Å². The predicted molar refractivity (Wildman–Crippen MR) is 240 cm³/mol. The Morgan fingerprint density at radius 3 is 2.07 bits per heavy atom. The fourth-order valence-electron chi connectivity index (χ4n) is 10.9. The number of allylic oxidation sites excluding steroid dienone is 4. The number of furan rings is 1. The fraction of sp³-hybridized carbons (Fsp3) is 0.0545. The number of hydrogen-bond donors (Lipinski definition) is 0. The number of para-hydroxylation sites is 4. The second kappa shape index (κ2) is 11.8. The molecule has 2 aliphatic carbocycles. The van der Waals surface area contributed by atoms with E-state index in [0.29, 0.717) is 0 Å². The van der Waals surface area contributed by atoms with E-state index in [0.717, 1.165) is 40.0 Å². The van der Waals surface area contributed by atoms with E-state index in [1.54, 1.807) is 0 Å². The molecule has 8 aromatic carbocycles. The number of aromatic nitrogens is 1. The predicted octanol–water partition coefficient (Wildman–Crippen LogP) is 14.6. The Balaban J connectivity index is 1.08. The standard InChI is InChI=1S/C55H36N2O/c1-3-17-37(18-4-1)56(38-19-5-2-6-20-38)39-21-15-16-35(32-39)36-30-31-46-43(33-36)40-22-7-10-25-45(40)55(46)47-26-11-13-28-50(47)57-49-27-12-8-24-42(49)52-53(57)48(55)34-44-41-23-9-14-29-51(41)58-54(44)52/h1-25,27-34,47H,26H2. The van der Waals surface area contributed by atoms with Crippen molar-refractivity contribution in [3.05, 3.63) is 217 Å².